The largest absolute Gasteiger partial charge is 0.294 e. The molecule has 19 heavy (non-hydrogen) atoms. The fourth-order valence-corrected chi connectivity index (χ4v) is 3.11. The van der Waals surface area contributed by atoms with E-state index < -0.39 is 0 Å². The lowest BCUT2D eigenvalue weighted by Gasteiger charge is -2.28. The first-order chi connectivity index (χ1) is 8.70. The molecule has 0 saturated heterocycles. The van der Waals surface area contributed by atoms with Crippen LogP contribution in [0, 0.1) is 16.7 Å². The van der Waals surface area contributed by atoms with Crippen molar-refractivity contribution in [2.24, 2.45) is 5.41 Å². The molecule has 102 valence electrons. The fraction of sp³-hybridized carbons (Fsp3) is 0.562. The van der Waals surface area contributed by atoms with Crippen LogP contribution in [0.15, 0.2) is 28.7 Å². The van der Waals surface area contributed by atoms with E-state index in [2.05, 4.69) is 79.3 Å². The van der Waals surface area contributed by atoms with Crippen LogP contribution >= 0.6 is 15.9 Å². The Balaban J connectivity index is 2.13. The van der Waals surface area contributed by atoms with Gasteiger partial charge in [-0.15, -0.1) is 0 Å². The Hall–Kier alpha value is -0.850. The van der Waals surface area contributed by atoms with Crippen LogP contribution in [0.3, 0.4) is 0 Å². The number of rotatable bonds is 3. The van der Waals surface area contributed by atoms with Crippen molar-refractivity contribution < 1.29 is 0 Å². The molecule has 1 aliphatic rings. The first kappa shape index (κ1) is 14.6. The van der Waals surface area contributed by atoms with Crippen LogP contribution in [0.1, 0.15) is 39.7 Å². The van der Waals surface area contributed by atoms with Crippen molar-refractivity contribution in [3.05, 3.63) is 34.3 Å². The number of nitriles is 1. The Morgan fingerprint density at radius 2 is 1.89 bits per heavy atom. The first-order valence-electron chi connectivity index (χ1n) is 6.65. The topological polar surface area (TPSA) is 35.8 Å². The maximum atomic E-state index is 9.56. The molecular weight excluding hydrogens is 300 g/mol. The summed E-state index contributed by atoms with van der Waals surface area (Å²) >= 11 is 3.45. The van der Waals surface area contributed by atoms with Gasteiger partial charge in [0.2, 0.25) is 0 Å². The van der Waals surface area contributed by atoms with E-state index in [1.54, 1.807) is 0 Å². The lowest BCUT2D eigenvalue weighted by molar-refractivity contribution is 0.334. The Morgan fingerprint density at radius 3 is 2.37 bits per heavy atom. The molecule has 1 aliphatic carbocycles. The lowest BCUT2D eigenvalue weighted by atomic mass is 9.92. The van der Waals surface area contributed by atoms with Crippen LogP contribution in [0.4, 0.5) is 0 Å². The van der Waals surface area contributed by atoms with Crippen molar-refractivity contribution in [2.45, 2.75) is 51.6 Å². The Kier molecular flexibility index (Phi) is 3.53. The third-order valence-corrected chi connectivity index (χ3v) is 4.38. The predicted molar refractivity (Wildman–Crippen MR) is 81.8 cm³/mol. The molecule has 3 heteroatoms. The standard InChI is InChI=1S/C16H21BrN2/c1-14(2,3)19-16(11-18)10-15(16,4)9-12-5-7-13(17)8-6-12/h5-8,19H,9-10H2,1-4H3/t15-,16+/m0/s1. The zero-order chi connectivity index (χ0) is 14.3. The summed E-state index contributed by atoms with van der Waals surface area (Å²) in [4.78, 5) is 0. The number of nitrogens with one attached hydrogen (secondary N) is 1. The quantitative estimate of drug-likeness (QED) is 0.911. The van der Waals surface area contributed by atoms with Gasteiger partial charge in [0.15, 0.2) is 0 Å². The van der Waals surface area contributed by atoms with E-state index in [4.69, 9.17) is 0 Å². The predicted octanol–water partition coefficient (Wildman–Crippen LogP) is 4.05. The van der Waals surface area contributed by atoms with E-state index >= 15 is 0 Å². The average Bonchev–Trinajstić information content (AvgIpc) is 2.84. The third-order valence-electron chi connectivity index (χ3n) is 3.85. The smallest absolute Gasteiger partial charge is 0.113 e. The molecule has 1 fully saturated rings. The van der Waals surface area contributed by atoms with Crippen molar-refractivity contribution in [3.8, 4) is 6.07 Å². The number of nitrogens with zero attached hydrogens (tertiary/aromatic N) is 1. The van der Waals surface area contributed by atoms with Gasteiger partial charge in [-0.25, -0.2) is 0 Å². The minimum Gasteiger partial charge on any atom is -0.294 e. The van der Waals surface area contributed by atoms with Gasteiger partial charge in [-0.1, -0.05) is 35.0 Å². The van der Waals surface area contributed by atoms with Crippen molar-refractivity contribution in [3.63, 3.8) is 0 Å². The molecule has 0 unspecified atom stereocenters. The summed E-state index contributed by atoms with van der Waals surface area (Å²) in [6.07, 6.45) is 1.86. The van der Waals surface area contributed by atoms with Gasteiger partial charge in [-0.05, 0) is 51.3 Å². The highest BCUT2D eigenvalue weighted by atomic mass is 79.9. The second-order valence-electron chi connectivity index (χ2n) is 6.93. The molecule has 0 bridgehead atoms. The summed E-state index contributed by atoms with van der Waals surface area (Å²) in [6, 6.07) is 10.9. The molecule has 2 rings (SSSR count). The van der Waals surface area contributed by atoms with Crippen LogP contribution in [-0.4, -0.2) is 11.1 Å². The van der Waals surface area contributed by atoms with Crippen LogP contribution in [0.2, 0.25) is 0 Å². The van der Waals surface area contributed by atoms with Gasteiger partial charge in [-0.2, -0.15) is 5.26 Å². The van der Waals surface area contributed by atoms with Gasteiger partial charge < -0.3 is 0 Å². The second-order valence-corrected chi connectivity index (χ2v) is 7.85. The highest BCUT2D eigenvalue weighted by molar-refractivity contribution is 9.10. The molecule has 1 saturated carbocycles. The van der Waals surface area contributed by atoms with Crippen molar-refractivity contribution >= 4 is 15.9 Å². The van der Waals surface area contributed by atoms with Crippen LogP contribution in [0.25, 0.3) is 0 Å². The van der Waals surface area contributed by atoms with Crippen LogP contribution < -0.4 is 5.32 Å². The van der Waals surface area contributed by atoms with Gasteiger partial charge in [-0.3, -0.25) is 5.32 Å². The van der Waals surface area contributed by atoms with E-state index in [0.717, 1.165) is 17.3 Å². The molecule has 0 aliphatic heterocycles. The SMILES string of the molecule is CC(C)(C)N[C@@]1(C#N)C[C@]1(C)Cc1ccc(Br)cc1. The van der Waals surface area contributed by atoms with E-state index in [-0.39, 0.29) is 16.5 Å². The Bertz CT molecular complexity index is 509. The Morgan fingerprint density at radius 1 is 1.32 bits per heavy atom. The normalized spacial score (nSPS) is 29.9. The fourth-order valence-electron chi connectivity index (χ4n) is 2.84. The number of benzene rings is 1. The maximum Gasteiger partial charge on any atom is 0.113 e. The van der Waals surface area contributed by atoms with Gasteiger partial charge in [0, 0.05) is 15.4 Å². The molecule has 0 heterocycles. The number of halogens is 1. The van der Waals surface area contributed by atoms with E-state index in [1.165, 1.54) is 5.56 Å². The van der Waals surface area contributed by atoms with E-state index in [9.17, 15) is 5.26 Å². The highest BCUT2D eigenvalue weighted by Crippen LogP contribution is 2.58. The molecule has 0 amide bonds. The molecule has 2 nitrogen and oxygen atoms in total. The summed E-state index contributed by atoms with van der Waals surface area (Å²) in [5, 5.41) is 13.1. The van der Waals surface area contributed by atoms with Crippen molar-refractivity contribution in [1.82, 2.24) is 5.32 Å². The molecular formula is C16H21BrN2. The van der Waals surface area contributed by atoms with Gasteiger partial charge in [0.05, 0.1) is 6.07 Å². The second kappa shape index (κ2) is 4.61. The summed E-state index contributed by atoms with van der Waals surface area (Å²) in [7, 11) is 0. The minimum atomic E-state index is -0.377. The summed E-state index contributed by atoms with van der Waals surface area (Å²) in [5.74, 6) is 0. The molecule has 2 atom stereocenters. The molecule has 0 radical (unpaired) electrons. The zero-order valence-corrected chi connectivity index (χ0v) is 13.6. The maximum absolute atomic E-state index is 9.56. The highest BCUT2D eigenvalue weighted by Gasteiger charge is 2.65. The monoisotopic (exact) mass is 320 g/mol. The molecule has 1 aromatic carbocycles. The van der Waals surface area contributed by atoms with Crippen molar-refractivity contribution in [2.75, 3.05) is 0 Å². The summed E-state index contributed by atoms with van der Waals surface area (Å²) < 4.78 is 1.09. The summed E-state index contributed by atoms with van der Waals surface area (Å²) in [5.41, 5.74) is 0.910. The average molecular weight is 321 g/mol. The van der Waals surface area contributed by atoms with Crippen molar-refractivity contribution in [1.29, 1.82) is 5.26 Å². The van der Waals surface area contributed by atoms with Gasteiger partial charge in [0.25, 0.3) is 0 Å². The van der Waals surface area contributed by atoms with Gasteiger partial charge in [0.1, 0.15) is 5.54 Å². The van der Waals surface area contributed by atoms with E-state index in [1.807, 2.05) is 0 Å². The molecule has 0 spiro atoms. The molecule has 0 aromatic heterocycles. The number of hydrogen-bond donors (Lipinski definition) is 1. The van der Waals surface area contributed by atoms with Crippen LogP contribution in [0.5, 0.6) is 0 Å². The lowest BCUT2D eigenvalue weighted by Crippen LogP contribution is -2.47. The Labute approximate surface area is 124 Å². The molecule has 1 N–H and O–H groups in total. The minimum absolute atomic E-state index is 0.0306. The van der Waals surface area contributed by atoms with Crippen LogP contribution in [-0.2, 0) is 6.42 Å². The zero-order valence-electron chi connectivity index (χ0n) is 12.0. The van der Waals surface area contributed by atoms with Gasteiger partial charge >= 0.3 is 0 Å². The first-order valence-corrected chi connectivity index (χ1v) is 7.44. The third kappa shape index (κ3) is 3.01. The summed E-state index contributed by atoms with van der Waals surface area (Å²) in [6.45, 7) is 8.55. The number of hydrogen-bond acceptors (Lipinski definition) is 2. The molecule has 1 aromatic rings. The van der Waals surface area contributed by atoms with E-state index in [0.29, 0.717) is 0 Å².